The van der Waals surface area contributed by atoms with Crippen molar-refractivity contribution in [3.05, 3.63) is 22.3 Å². The Labute approximate surface area is 93.2 Å². The van der Waals surface area contributed by atoms with Gasteiger partial charge in [-0.2, -0.15) is 0 Å². The minimum atomic E-state index is 0.559. The van der Waals surface area contributed by atoms with Crippen LogP contribution in [0.25, 0.3) is 0 Å². The largest absolute Gasteiger partial charge is 0.368 e. The van der Waals surface area contributed by atoms with Crippen molar-refractivity contribution in [1.82, 2.24) is 10.2 Å². The third-order valence-corrected chi connectivity index (χ3v) is 4.17. The van der Waals surface area contributed by atoms with Gasteiger partial charge in [-0.05, 0) is 35.2 Å². The molecule has 0 bridgehead atoms. The quantitative estimate of drug-likeness (QED) is 0.712. The summed E-state index contributed by atoms with van der Waals surface area (Å²) in [6.45, 7) is 2.42. The van der Waals surface area contributed by atoms with Crippen molar-refractivity contribution < 1.29 is 0 Å². The molecule has 0 unspecified atom stereocenters. The van der Waals surface area contributed by atoms with E-state index in [1.165, 1.54) is 36.1 Å². The molecule has 2 aliphatic heterocycles. The normalized spacial score (nSPS) is 35.9. The molecule has 2 saturated heterocycles. The average Bonchev–Trinajstić information content (AvgIpc) is 2.65. The molecule has 3 rings (SSSR count). The lowest BCUT2D eigenvalue weighted by Gasteiger charge is -2.41. The minimum absolute atomic E-state index is 0.559. The van der Waals surface area contributed by atoms with Gasteiger partial charge in [-0.1, -0.05) is 12.2 Å². The topological polar surface area (TPSA) is 15.3 Å². The number of hydrogen-bond acceptors (Lipinski definition) is 2. The zero-order valence-corrected chi connectivity index (χ0v) is 9.76. The molecule has 14 heavy (non-hydrogen) atoms. The van der Waals surface area contributed by atoms with Gasteiger partial charge >= 0.3 is 0 Å². The molecule has 1 N–H and O–H groups in total. The fourth-order valence-corrected chi connectivity index (χ4v) is 3.52. The Morgan fingerprint density at radius 3 is 3.36 bits per heavy atom. The van der Waals surface area contributed by atoms with E-state index in [1.54, 1.807) is 0 Å². The molecular weight excluding hydrogens is 240 g/mol. The summed E-state index contributed by atoms with van der Waals surface area (Å²) in [6, 6.07) is 1.31. The first kappa shape index (κ1) is 8.98. The van der Waals surface area contributed by atoms with Crippen molar-refractivity contribution in [2.45, 2.75) is 31.3 Å². The molecule has 0 aromatic rings. The molecule has 3 aliphatic rings. The third-order valence-electron chi connectivity index (χ3n) is 3.50. The first-order valence-electron chi connectivity index (χ1n) is 5.42. The van der Waals surface area contributed by atoms with Crippen molar-refractivity contribution in [3.63, 3.8) is 0 Å². The van der Waals surface area contributed by atoms with Crippen LogP contribution in [-0.2, 0) is 0 Å². The maximum absolute atomic E-state index is 3.68. The van der Waals surface area contributed by atoms with Gasteiger partial charge < -0.3 is 10.2 Å². The highest BCUT2D eigenvalue weighted by molar-refractivity contribution is 9.11. The second kappa shape index (κ2) is 3.38. The van der Waals surface area contributed by atoms with Gasteiger partial charge in [-0.3, -0.25) is 0 Å². The van der Waals surface area contributed by atoms with Crippen molar-refractivity contribution in [1.29, 1.82) is 0 Å². The minimum Gasteiger partial charge on any atom is -0.368 e. The number of fused-ring (bicyclic) bond motifs is 3. The van der Waals surface area contributed by atoms with Crippen LogP contribution in [0.15, 0.2) is 22.3 Å². The Balaban J connectivity index is 1.98. The molecule has 3 heteroatoms. The van der Waals surface area contributed by atoms with Gasteiger partial charge in [0.2, 0.25) is 0 Å². The predicted molar refractivity (Wildman–Crippen MR) is 61.2 cm³/mol. The zero-order valence-electron chi connectivity index (χ0n) is 8.17. The number of rotatable bonds is 0. The number of halogens is 1. The SMILES string of the molecule is BrC1=C2[C@@H](CC=C1)NC[C@H]1CCCN21. The highest BCUT2D eigenvalue weighted by Crippen LogP contribution is 2.34. The summed E-state index contributed by atoms with van der Waals surface area (Å²) >= 11 is 3.68. The van der Waals surface area contributed by atoms with Crippen LogP contribution in [0.1, 0.15) is 19.3 Å². The van der Waals surface area contributed by atoms with E-state index in [9.17, 15) is 0 Å². The third kappa shape index (κ3) is 1.26. The predicted octanol–water partition coefficient (Wildman–Crippen LogP) is 1.99. The van der Waals surface area contributed by atoms with Gasteiger partial charge in [0.25, 0.3) is 0 Å². The lowest BCUT2D eigenvalue weighted by atomic mass is 9.99. The Bertz CT molecular complexity index is 308. The first-order valence-corrected chi connectivity index (χ1v) is 6.22. The van der Waals surface area contributed by atoms with Gasteiger partial charge in [0.1, 0.15) is 0 Å². The first-order chi connectivity index (χ1) is 6.86. The number of piperazine rings is 1. The van der Waals surface area contributed by atoms with E-state index in [2.05, 4.69) is 38.3 Å². The van der Waals surface area contributed by atoms with E-state index >= 15 is 0 Å². The average molecular weight is 255 g/mol. The fraction of sp³-hybridized carbons (Fsp3) is 0.636. The molecule has 0 saturated carbocycles. The van der Waals surface area contributed by atoms with E-state index in [0.29, 0.717) is 6.04 Å². The van der Waals surface area contributed by atoms with Crippen LogP contribution in [0.2, 0.25) is 0 Å². The number of hydrogen-bond donors (Lipinski definition) is 1. The zero-order chi connectivity index (χ0) is 9.54. The summed E-state index contributed by atoms with van der Waals surface area (Å²) in [6.07, 6.45) is 8.31. The number of allylic oxidation sites excluding steroid dienone is 2. The van der Waals surface area contributed by atoms with E-state index in [0.717, 1.165) is 12.5 Å². The van der Waals surface area contributed by atoms with E-state index in [-0.39, 0.29) is 0 Å². The van der Waals surface area contributed by atoms with Crippen LogP contribution in [-0.4, -0.2) is 30.1 Å². The molecule has 0 amide bonds. The van der Waals surface area contributed by atoms with Gasteiger partial charge in [-0.15, -0.1) is 0 Å². The summed E-state index contributed by atoms with van der Waals surface area (Å²) in [5.41, 5.74) is 1.50. The second-order valence-electron chi connectivity index (χ2n) is 4.32. The maximum Gasteiger partial charge on any atom is 0.0518 e. The summed E-state index contributed by atoms with van der Waals surface area (Å²) in [5, 5.41) is 3.64. The van der Waals surface area contributed by atoms with Crippen LogP contribution in [0.4, 0.5) is 0 Å². The Kier molecular flexibility index (Phi) is 2.17. The van der Waals surface area contributed by atoms with E-state index < -0.39 is 0 Å². The van der Waals surface area contributed by atoms with Crippen molar-refractivity contribution in [3.8, 4) is 0 Å². The lowest BCUT2D eigenvalue weighted by Crippen LogP contribution is -2.52. The van der Waals surface area contributed by atoms with Gasteiger partial charge in [0, 0.05) is 29.3 Å². The lowest BCUT2D eigenvalue weighted by molar-refractivity contribution is 0.232. The Morgan fingerprint density at radius 2 is 2.43 bits per heavy atom. The molecule has 0 aromatic carbocycles. The molecule has 2 atom stereocenters. The number of nitrogens with one attached hydrogen (secondary N) is 1. The molecule has 76 valence electrons. The molecule has 2 fully saturated rings. The summed E-state index contributed by atoms with van der Waals surface area (Å²) < 4.78 is 1.29. The fourth-order valence-electron chi connectivity index (χ4n) is 2.83. The molecule has 1 aliphatic carbocycles. The standard InChI is InChI=1S/C11H15BrN2/c12-9-4-1-5-10-11(9)14-6-2-3-8(14)7-13-10/h1,4,8,10,13H,2-3,5-7H2/t8-,10-/m1/s1. The highest BCUT2D eigenvalue weighted by Gasteiger charge is 2.36. The summed E-state index contributed by atoms with van der Waals surface area (Å²) in [4.78, 5) is 2.61. The van der Waals surface area contributed by atoms with Crippen LogP contribution < -0.4 is 5.32 Å². The van der Waals surface area contributed by atoms with Crippen molar-refractivity contribution >= 4 is 15.9 Å². The second-order valence-corrected chi connectivity index (χ2v) is 5.18. The summed E-state index contributed by atoms with van der Waals surface area (Å²) in [7, 11) is 0. The van der Waals surface area contributed by atoms with Crippen LogP contribution in [0.3, 0.4) is 0 Å². The Morgan fingerprint density at radius 1 is 1.50 bits per heavy atom. The summed E-state index contributed by atoms with van der Waals surface area (Å²) in [5.74, 6) is 0. The molecule has 0 aromatic heterocycles. The van der Waals surface area contributed by atoms with Gasteiger partial charge in [0.15, 0.2) is 0 Å². The van der Waals surface area contributed by atoms with Gasteiger partial charge in [-0.25, -0.2) is 0 Å². The molecule has 0 radical (unpaired) electrons. The van der Waals surface area contributed by atoms with E-state index in [4.69, 9.17) is 0 Å². The van der Waals surface area contributed by atoms with Crippen molar-refractivity contribution in [2.75, 3.05) is 13.1 Å². The molecule has 0 spiro atoms. The molecule has 2 heterocycles. The van der Waals surface area contributed by atoms with Crippen LogP contribution in [0, 0.1) is 0 Å². The van der Waals surface area contributed by atoms with Crippen molar-refractivity contribution in [2.24, 2.45) is 0 Å². The molecular formula is C11H15BrN2. The van der Waals surface area contributed by atoms with Crippen LogP contribution in [0.5, 0.6) is 0 Å². The number of nitrogens with zero attached hydrogens (tertiary/aromatic N) is 1. The van der Waals surface area contributed by atoms with Gasteiger partial charge in [0.05, 0.1) is 6.04 Å². The van der Waals surface area contributed by atoms with E-state index in [1.807, 2.05) is 0 Å². The highest BCUT2D eigenvalue weighted by atomic mass is 79.9. The molecule has 2 nitrogen and oxygen atoms in total. The monoisotopic (exact) mass is 254 g/mol. The maximum atomic E-state index is 3.68. The Hall–Kier alpha value is -0.280. The smallest absolute Gasteiger partial charge is 0.0518 e. The van der Waals surface area contributed by atoms with Crippen LogP contribution >= 0.6 is 15.9 Å².